The molecular weight excluding hydrogens is 286 g/mol. The standard InChI is InChI=1S/C12H23NO4S2/c1-7(2)9(19-18-6)8(10(14)15)13-11(16)17-12(3,4)5/h7-9H,1-6H3,(H,13,16)(H,14,15)/t8-,9+/m0/s1. The minimum Gasteiger partial charge on any atom is -0.480 e. The average Bonchev–Trinajstić information content (AvgIpc) is 2.19. The van der Waals surface area contributed by atoms with E-state index < -0.39 is 23.7 Å². The van der Waals surface area contributed by atoms with Crippen LogP contribution in [0.15, 0.2) is 0 Å². The third-order valence-corrected chi connectivity index (χ3v) is 4.61. The van der Waals surface area contributed by atoms with Crippen LogP contribution in [-0.4, -0.2) is 40.3 Å². The summed E-state index contributed by atoms with van der Waals surface area (Å²) in [6.45, 7) is 9.07. The van der Waals surface area contributed by atoms with Crippen molar-refractivity contribution in [3.8, 4) is 0 Å². The highest BCUT2D eigenvalue weighted by molar-refractivity contribution is 8.76. The van der Waals surface area contributed by atoms with Crippen LogP contribution >= 0.6 is 21.6 Å². The number of aliphatic carboxylic acids is 1. The van der Waals surface area contributed by atoms with Gasteiger partial charge in [-0.25, -0.2) is 9.59 Å². The summed E-state index contributed by atoms with van der Waals surface area (Å²) in [5.74, 6) is -0.931. The summed E-state index contributed by atoms with van der Waals surface area (Å²) in [5, 5.41) is 11.5. The van der Waals surface area contributed by atoms with E-state index in [0.717, 1.165) is 0 Å². The molecule has 0 saturated heterocycles. The Morgan fingerprint density at radius 2 is 1.79 bits per heavy atom. The lowest BCUT2D eigenvalue weighted by Crippen LogP contribution is -2.50. The van der Waals surface area contributed by atoms with Crippen molar-refractivity contribution in [2.24, 2.45) is 5.92 Å². The molecule has 0 heterocycles. The van der Waals surface area contributed by atoms with Gasteiger partial charge in [-0.05, 0) is 32.9 Å². The first-order chi connectivity index (χ1) is 8.58. The summed E-state index contributed by atoms with van der Waals surface area (Å²) in [6, 6.07) is -0.965. The predicted octanol–water partition coefficient (Wildman–Crippen LogP) is 3.00. The first kappa shape index (κ1) is 18.4. The van der Waals surface area contributed by atoms with Crippen molar-refractivity contribution in [2.45, 2.75) is 51.5 Å². The Hall–Kier alpha value is -0.560. The van der Waals surface area contributed by atoms with E-state index >= 15 is 0 Å². The number of rotatable bonds is 6. The van der Waals surface area contributed by atoms with Crippen LogP contribution in [0.25, 0.3) is 0 Å². The fraction of sp³-hybridized carbons (Fsp3) is 0.833. The van der Waals surface area contributed by atoms with Crippen LogP contribution in [0, 0.1) is 5.92 Å². The first-order valence-electron chi connectivity index (χ1n) is 6.00. The number of amides is 1. The minimum atomic E-state index is -1.05. The van der Waals surface area contributed by atoms with Crippen LogP contribution in [0.2, 0.25) is 0 Å². The highest BCUT2D eigenvalue weighted by Crippen LogP contribution is 2.31. The number of hydrogen-bond donors (Lipinski definition) is 2. The van der Waals surface area contributed by atoms with Gasteiger partial charge in [0.1, 0.15) is 11.6 Å². The second kappa shape index (κ2) is 7.89. The monoisotopic (exact) mass is 309 g/mol. The SMILES string of the molecule is CSS[C@H](C(C)C)[C@H](NC(=O)OC(C)(C)C)C(=O)O. The maximum atomic E-state index is 11.7. The molecule has 0 aromatic carbocycles. The third kappa shape index (κ3) is 7.57. The van der Waals surface area contributed by atoms with Crippen molar-refractivity contribution in [3.05, 3.63) is 0 Å². The van der Waals surface area contributed by atoms with Crippen molar-refractivity contribution < 1.29 is 19.4 Å². The van der Waals surface area contributed by atoms with Gasteiger partial charge in [0, 0.05) is 5.25 Å². The molecular formula is C12H23NO4S2. The van der Waals surface area contributed by atoms with Crippen molar-refractivity contribution in [3.63, 3.8) is 0 Å². The smallest absolute Gasteiger partial charge is 0.408 e. The molecule has 0 aliphatic rings. The zero-order valence-corrected chi connectivity index (χ0v) is 13.9. The largest absolute Gasteiger partial charge is 0.480 e. The Labute approximate surface area is 122 Å². The van der Waals surface area contributed by atoms with Crippen molar-refractivity contribution in [2.75, 3.05) is 6.26 Å². The van der Waals surface area contributed by atoms with Crippen LogP contribution in [0.3, 0.4) is 0 Å². The van der Waals surface area contributed by atoms with Crippen LogP contribution in [-0.2, 0) is 9.53 Å². The van der Waals surface area contributed by atoms with Gasteiger partial charge in [0.2, 0.25) is 0 Å². The summed E-state index contributed by atoms with van der Waals surface area (Å²) in [7, 11) is 2.93. The molecule has 0 fully saturated rings. The van der Waals surface area contributed by atoms with Crippen LogP contribution in [0.5, 0.6) is 0 Å². The molecule has 0 rings (SSSR count). The summed E-state index contributed by atoms with van der Waals surface area (Å²) >= 11 is 0. The molecule has 0 saturated carbocycles. The molecule has 1 amide bonds. The Bertz CT molecular complexity index is 315. The maximum Gasteiger partial charge on any atom is 0.408 e. The zero-order valence-electron chi connectivity index (χ0n) is 12.2. The first-order valence-corrected chi connectivity index (χ1v) is 8.62. The number of carbonyl (C=O) groups is 2. The van der Waals surface area contributed by atoms with Crippen LogP contribution in [0.4, 0.5) is 4.79 Å². The van der Waals surface area contributed by atoms with Crippen molar-refractivity contribution >= 4 is 33.7 Å². The summed E-state index contributed by atoms with van der Waals surface area (Å²) in [6.07, 6.45) is 1.18. The van der Waals surface area contributed by atoms with E-state index in [1.807, 2.05) is 20.1 Å². The molecule has 0 bridgehead atoms. The molecule has 2 N–H and O–H groups in total. The molecule has 0 aromatic heterocycles. The number of alkyl carbamates (subject to hydrolysis) is 1. The molecule has 19 heavy (non-hydrogen) atoms. The highest BCUT2D eigenvalue weighted by atomic mass is 33.1. The maximum absolute atomic E-state index is 11.7. The molecule has 2 atom stereocenters. The van der Waals surface area contributed by atoms with E-state index in [1.165, 1.54) is 21.6 Å². The number of hydrogen-bond acceptors (Lipinski definition) is 5. The van der Waals surface area contributed by atoms with Gasteiger partial charge in [0.15, 0.2) is 0 Å². The molecule has 0 aromatic rings. The van der Waals surface area contributed by atoms with E-state index in [-0.39, 0.29) is 11.2 Å². The molecule has 112 valence electrons. The lowest BCUT2D eigenvalue weighted by atomic mass is 10.0. The average molecular weight is 309 g/mol. The second-order valence-corrected chi connectivity index (χ2v) is 8.08. The zero-order chi connectivity index (χ0) is 15.2. The summed E-state index contributed by atoms with van der Waals surface area (Å²) in [4.78, 5) is 23.0. The Balaban J connectivity index is 4.81. The molecule has 0 aliphatic carbocycles. The molecule has 0 spiro atoms. The number of ether oxygens (including phenoxy) is 1. The normalized spacial score (nSPS) is 14.9. The number of carboxylic acid groups (broad SMARTS) is 1. The van der Waals surface area contributed by atoms with Gasteiger partial charge in [0.05, 0.1) is 0 Å². The fourth-order valence-corrected chi connectivity index (χ4v) is 3.79. The Morgan fingerprint density at radius 1 is 1.26 bits per heavy atom. The van der Waals surface area contributed by atoms with Crippen molar-refractivity contribution in [1.82, 2.24) is 5.32 Å². The van der Waals surface area contributed by atoms with Gasteiger partial charge in [-0.1, -0.05) is 35.4 Å². The predicted molar refractivity (Wildman–Crippen MR) is 80.5 cm³/mol. The third-order valence-electron chi connectivity index (χ3n) is 2.13. The van der Waals surface area contributed by atoms with Gasteiger partial charge >= 0.3 is 12.1 Å². The van der Waals surface area contributed by atoms with Crippen LogP contribution in [0.1, 0.15) is 34.6 Å². The van der Waals surface area contributed by atoms with E-state index in [1.54, 1.807) is 20.8 Å². The van der Waals surface area contributed by atoms with Crippen molar-refractivity contribution in [1.29, 1.82) is 0 Å². The summed E-state index contributed by atoms with van der Waals surface area (Å²) in [5.41, 5.74) is -0.646. The van der Waals surface area contributed by atoms with Gasteiger partial charge < -0.3 is 15.2 Å². The van der Waals surface area contributed by atoms with E-state index in [0.29, 0.717) is 0 Å². The Morgan fingerprint density at radius 3 is 2.11 bits per heavy atom. The summed E-state index contributed by atoms with van der Waals surface area (Å²) < 4.78 is 5.10. The number of carboxylic acids is 1. The topological polar surface area (TPSA) is 75.6 Å². The Kier molecular flexibility index (Phi) is 7.66. The van der Waals surface area contributed by atoms with Gasteiger partial charge in [0.25, 0.3) is 0 Å². The fourth-order valence-electron chi connectivity index (χ4n) is 1.38. The quantitative estimate of drug-likeness (QED) is 0.735. The van der Waals surface area contributed by atoms with Crippen LogP contribution < -0.4 is 5.32 Å². The molecule has 7 heteroatoms. The van der Waals surface area contributed by atoms with Gasteiger partial charge in [-0.2, -0.15) is 0 Å². The van der Waals surface area contributed by atoms with E-state index in [2.05, 4.69) is 5.32 Å². The van der Waals surface area contributed by atoms with Gasteiger partial charge in [-0.3, -0.25) is 0 Å². The molecule has 5 nitrogen and oxygen atoms in total. The number of carbonyl (C=O) groups excluding carboxylic acids is 1. The van der Waals surface area contributed by atoms with Gasteiger partial charge in [-0.15, -0.1) is 0 Å². The van der Waals surface area contributed by atoms with E-state index in [4.69, 9.17) is 4.74 Å². The molecule has 0 radical (unpaired) electrons. The second-order valence-electron chi connectivity index (χ2n) is 5.43. The van der Waals surface area contributed by atoms with E-state index in [9.17, 15) is 14.7 Å². The highest BCUT2D eigenvalue weighted by Gasteiger charge is 2.33. The lowest BCUT2D eigenvalue weighted by molar-refractivity contribution is -0.139. The molecule has 0 unspecified atom stereocenters. The minimum absolute atomic E-state index is 0.119. The lowest BCUT2D eigenvalue weighted by Gasteiger charge is -2.28. The molecule has 0 aliphatic heterocycles. The number of nitrogens with one attached hydrogen (secondary N) is 1.